The highest BCUT2D eigenvalue weighted by Crippen LogP contribution is 2.30. The van der Waals surface area contributed by atoms with E-state index in [2.05, 4.69) is 25.9 Å². The fourth-order valence-corrected chi connectivity index (χ4v) is 2.33. The molecule has 5 heteroatoms. The summed E-state index contributed by atoms with van der Waals surface area (Å²) in [6, 6.07) is 8.13. The molecule has 1 saturated heterocycles. The Labute approximate surface area is 114 Å². The van der Waals surface area contributed by atoms with E-state index < -0.39 is 0 Å². The summed E-state index contributed by atoms with van der Waals surface area (Å²) in [6.07, 6.45) is 1.86. The number of nitrogens with one attached hydrogen (secondary N) is 1. The first-order valence-corrected chi connectivity index (χ1v) is 6.62. The van der Waals surface area contributed by atoms with Gasteiger partial charge in [-0.2, -0.15) is 0 Å². The molecule has 4 nitrogen and oxygen atoms in total. The van der Waals surface area contributed by atoms with Crippen LogP contribution < -0.4 is 5.73 Å². The molecule has 0 saturated carbocycles. The largest absolute Gasteiger partial charge is 0.379 e. The van der Waals surface area contributed by atoms with Gasteiger partial charge in [0.1, 0.15) is 5.82 Å². The maximum Gasteiger partial charge on any atom is 0.118 e. The van der Waals surface area contributed by atoms with Gasteiger partial charge in [-0.05, 0) is 17.7 Å². The number of aromatic amines is 1. The normalized spacial score (nSPS) is 17.4. The Morgan fingerprint density at radius 2 is 2.06 bits per heavy atom. The van der Waals surface area contributed by atoms with Crippen molar-refractivity contribution in [2.24, 2.45) is 5.73 Å². The number of aromatic nitrogens is 2. The highest BCUT2D eigenvalue weighted by atomic mass is 79.9. The Bertz CT molecular complexity index is 540. The fraction of sp³-hybridized carbons (Fsp3) is 0.308. The zero-order valence-electron chi connectivity index (χ0n) is 9.82. The van der Waals surface area contributed by atoms with Crippen LogP contribution in [0.4, 0.5) is 0 Å². The molecule has 18 heavy (non-hydrogen) atoms. The third kappa shape index (κ3) is 1.88. The second-order valence-electron chi connectivity index (χ2n) is 4.63. The number of imidazole rings is 1. The van der Waals surface area contributed by atoms with Crippen LogP contribution in [0.1, 0.15) is 5.82 Å². The highest BCUT2D eigenvalue weighted by Gasteiger charge is 2.41. The second-order valence-corrected chi connectivity index (χ2v) is 5.55. The Kier molecular flexibility index (Phi) is 2.97. The molecule has 0 atom stereocenters. The minimum absolute atomic E-state index is 0.117. The zero-order chi connectivity index (χ0) is 12.6. The Hall–Kier alpha value is -1.17. The summed E-state index contributed by atoms with van der Waals surface area (Å²) in [5.74, 6) is 0.925. The van der Waals surface area contributed by atoms with Crippen LogP contribution in [-0.2, 0) is 10.2 Å². The van der Waals surface area contributed by atoms with E-state index in [1.807, 2.05) is 30.5 Å². The molecule has 0 unspecified atom stereocenters. The van der Waals surface area contributed by atoms with Crippen molar-refractivity contribution in [3.8, 4) is 11.3 Å². The lowest BCUT2D eigenvalue weighted by Crippen LogP contribution is -2.52. The van der Waals surface area contributed by atoms with Gasteiger partial charge in [0.25, 0.3) is 0 Å². The molecule has 3 rings (SSSR count). The number of hydrogen-bond donors (Lipinski definition) is 2. The van der Waals surface area contributed by atoms with Crippen molar-refractivity contribution in [3.63, 3.8) is 0 Å². The third-order valence-corrected chi connectivity index (χ3v) is 3.91. The third-order valence-electron chi connectivity index (χ3n) is 3.38. The molecule has 2 heterocycles. The predicted octanol–water partition coefficient (Wildman–Crippen LogP) is 2.07. The van der Waals surface area contributed by atoms with Crippen molar-refractivity contribution in [3.05, 3.63) is 40.8 Å². The lowest BCUT2D eigenvalue weighted by molar-refractivity contribution is -0.0589. The average molecular weight is 308 g/mol. The van der Waals surface area contributed by atoms with Crippen molar-refractivity contribution in [1.82, 2.24) is 9.97 Å². The molecule has 2 aromatic rings. The summed E-state index contributed by atoms with van der Waals surface area (Å²) < 4.78 is 6.33. The topological polar surface area (TPSA) is 63.9 Å². The predicted molar refractivity (Wildman–Crippen MR) is 73.3 cm³/mol. The van der Waals surface area contributed by atoms with Gasteiger partial charge in [0.05, 0.1) is 30.5 Å². The summed E-state index contributed by atoms with van der Waals surface area (Å²) >= 11 is 3.43. The van der Waals surface area contributed by atoms with E-state index in [4.69, 9.17) is 10.5 Å². The standard InChI is InChI=1S/C13H14BrN3O/c14-10-3-1-9(2-4-10)11-5-16-12(17-11)13(6-15)7-18-8-13/h1-5H,6-8,15H2,(H,16,17). The molecule has 1 aromatic heterocycles. The number of rotatable bonds is 3. The fourth-order valence-electron chi connectivity index (χ4n) is 2.07. The molecule has 0 aliphatic carbocycles. The van der Waals surface area contributed by atoms with E-state index in [9.17, 15) is 0 Å². The van der Waals surface area contributed by atoms with Gasteiger partial charge >= 0.3 is 0 Å². The molecule has 94 valence electrons. The summed E-state index contributed by atoms with van der Waals surface area (Å²) in [5.41, 5.74) is 7.83. The number of nitrogens with two attached hydrogens (primary N) is 1. The summed E-state index contributed by atoms with van der Waals surface area (Å²) in [5, 5.41) is 0. The van der Waals surface area contributed by atoms with Gasteiger partial charge in [0.15, 0.2) is 0 Å². The molecule has 1 aromatic carbocycles. The minimum Gasteiger partial charge on any atom is -0.379 e. The second kappa shape index (κ2) is 4.50. The number of H-pyrrole nitrogens is 1. The van der Waals surface area contributed by atoms with Gasteiger partial charge in [-0.25, -0.2) is 4.98 Å². The average Bonchev–Trinajstić information content (AvgIpc) is 2.79. The summed E-state index contributed by atoms with van der Waals surface area (Å²) in [4.78, 5) is 7.81. The van der Waals surface area contributed by atoms with Crippen LogP contribution in [0.3, 0.4) is 0 Å². The van der Waals surface area contributed by atoms with Crippen LogP contribution >= 0.6 is 15.9 Å². The van der Waals surface area contributed by atoms with Crippen LogP contribution in [-0.4, -0.2) is 29.7 Å². The monoisotopic (exact) mass is 307 g/mol. The van der Waals surface area contributed by atoms with Gasteiger partial charge in [0.2, 0.25) is 0 Å². The lowest BCUT2D eigenvalue weighted by atomic mass is 9.85. The molecular formula is C13H14BrN3O. The van der Waals surface area contributed by atoms with Gasteiger partial charge in [-0.3, -0.25) is 0 Å². The van der Waals surface area contributed by atoms with Gasteiger partial charge in [0, 0.05) is 11.0 Å². The first-order chi connectivity index (χ1) is 8.73. The smallest absolute Gasteiger partial charge is 0.118 e. The highest BCUT2D eigenvalue weighted by molar-refractivity contribution is 9.10. The molecule has 0 radical (unpaired) electrons. The van der Waals surface area contributed by atoms with E-state index in [-0.39, 0.29) is 5.41 Å². The van der Waals surface area contributed by atoms with Crippen LogP contribution in [0.2, 0.25) is 0 Å². The van der Waals surface area contributed by atoms with Gasteiger partial charge in [-0.15, -0.1) is 0 Å². The number of benzene rings is 1. The quantitative estimate of drug-likeness (QED) is 0.912. The zero-order valence-corrected chi connectivity index (χ0v) is 11.4. The van der Waals surface area contributed by atoms with Crippen molar-refractivity contribution in [2.75, 3.05) is 19.8 Å². The summed E-state index contributed by atoms with van der Waals surface area (Å²) in [6.45, 7) is 1.86. The molecular weight excluding hydrogens is 294 g/mol. The number of hydrogen-bond acceptors (Lipinski definition) is 3. The van der Waals surface area contributed by atoms with Crippen LogP contribution in [0.25, 0.3) is 11.3 Å². The Morgan fingerprint density at radius 3 is 2.61 bits per heavy atom. The van der Waals surface area contributed by atoms with Crippen LogP contribution in [0.5, 0.6) is 0 Å². The molecule has 3 N–H and O–H groups in total. The van der Waals surface area contributed by atoms with E-state index in [1.165, 1.54) is 0 Å². The van der Waals surface area contributed by atoms with Crippen LogP contribution in [0, 0.1) is 0 Å². The Balaban J connectivity index is 1.91. The van der Waals surface area contributed by atoms with E-state index in [1.54, 1.807) is 0 Å². The molecule has 1 fully saturated rings. The van der Waals surface area contributed by atoms with Crippen molar-refractivity contribution in [2.45, 2.75) is 5.41 Å². The SMILES string of the molecule is NCC1(c2ncc(-c3ccc(Br)cc3)[nH]2)COC1. The van der Waals surface area contributed by atoms with Crippen molar-refractivity contribution < 1.29 is 4.74 Å². The van der Waals surface area contributed by atoms with E-state index in [0.717, 1.165) is 21.6 Å². The summed E-state index contributed by atoms with van der Waals surface area (Å²) in [7, 11) is 0. The first-order valence-electron chi connectivity index (χ1n) is 5.83. The molecule has 1 aliphatic rings. The maximum atomic E-state index is 5.82. The van der Waals surface area contributed by atoms with Crippen molar-refractivity contribution in [1.29, 1.82) is 0 Å². The van der Waals surface area contributed by atoms with Crippen molar-refractivity contribution >= 4 is 15.9 Å². The minimum atomic E-state index is -0.117. The van der Waals surface area contributed by atoms with Gasteiger partial charge in [-0.1, -0.05) is 28.1 Å². The molecule has 1 aliphatic heterocycles. The first kappa shape index (κ1) is 11.9. The number of ether oxygens (including phenoxy) is 1. The van der Waals surface area contributed by atoms with Gasteiger partial charge < -0.3 is 15.5 Å². The lowest BCUT2D eigenvalue weighted by Gasteiger charge is -2.38. The molecule has 0 spiro atoms. The number of nitrogens with zero attached hydrogens (tertiary/aromatic N) is 1. The number of halogens is 1. The van der Waals surface area contributed by atoms with E-state index >= 15 is 0 Å². The molecule has 0 bridgehead atoms. The van der Waals surface area contributed by atoms with E-state index in [0.29, 0.717) is 19.8 Å². The maximum absolute atomic E-state index is 5.82. The van der Waals surface area contributed by atoms with Crippen LogP contribution in [0.15, 0.2) is 34.9 Å². The molecule has 0 amide bonds. The Morgan fingerprint density at radius 1 is 1.33 bits per heavy atom.